The SMILES string of the molecule is CC(=O)Nc1sc(C)c(C)c1C(=O)OCc1nc2ccsc2c(=O)[nH]1. The van der Waals surface area contributed by atoms with Gasteiger partial charge in [-0.15, -0.1) is 22.7 Å². The molecular formula is C16H15N3O4S2. The summed E-state index contributed by atoms with van der Waals surface area (Å²) in [7, 11) is 0. The molecule has 0 aliphatic rings. The van der Waals surface area contributed by atoms with Crippen molar-refractivity contribution >= 4 is 49.8 Å². The number of anilines is 1. The zero-order valence-electron chi connectivity index (χ0n) is 13.8. The van der Waals surface area contributed by atoms with Crippen molar-refractivity contribution in [3.05, 3.63) is 43.6 Å². The number of carbonyl (C=O) groups excluding carboxylic acids is 2. The minimum Gasteiger partial charge on any atom is -0.454 e. The predicted octanol–water partition coefficient (Wildman–Crippen LogP) is 2.98. The minimum absolute atomic E-state index is 0.159. The molecule has 0 aromatic carbocycles. The summed E-state index contributed by atoms with van der Waals surface area (Å²) in [5.74, 6) is -0.558. The minimum atomic E-state index is -0.571. The molecule has 0 radical (unpaired) electrons. The maximum absolute atomic E-state index is 12.5. The number of nitrogens with one attached hydrogen (secondary N) is 2. The van der Waals surface area contributed by atoms with Crippen molar-refractivity contribution in [1.82, 2.24) is 9.97 Å². The number of nitrogens with zero attached hydrogens (tertiary/aromatic N) is 1. The van der Waals surface area contributed by atoms with Gasteiger partial charge in [-0.05, 0) is 30.9 Å². The van der Waals surface area contributed by atoms with Crippen molar-refractivity contribution in [2.45, 2.75) is 27.4 Å². The van der Waals surface area contributed by atoms with E-state index in [1.165, 1.54) is 29.6 Å². The molecule has 0 fully saturated rings. The van der Waals surface area contributed by atoms with Crippen LogP contribution in [0.3, 0.4) is 0 Å². The number of fused-ring (bicyclic) bond motifs is 1. The number of hydrogen-bond acceptors (Lipinski definition) is 7. The lowest BCUT2D eigenvalue weighted by Gasteiger charge is -2.07. The van der Waals surface area contributed by atoms with E-state index >= 15 is 0 Å². The monoisotopic (exact) mass is 377 g/mol. The van der Waals surface area contributed by atoms with E-state index in [9.17, 15) is 14.4 Å². The van der Waals surface area contributed by atoms with Gasteiger partial charge in [0.1, 0.15) is 22.1 Å². The fourth-order valence-corrected chi connectivity index (χ4v) is 4.14. The Morgan fingerprint density at radius 2 is 2.12 bits per heavy atom. The third-order valence-corrected chi connectivity index (χ3v) is 5.61. The molecule has 2 N–H and O–H groups in total. The van der Waals surface area contributed by atoms with Crippen molar-refractivity contribution in [2.75, 3.05) is 5.32 Å². The van der Waals surface area contributed by atoms with Crippen molar-refractivity contribution in [1.29, 1.82) is 0 Å². The Bertz CT molecular complexity index is 1030. The number of amides is 1. The van der Waals surface area contributed by atoms with Gasteiger partial charge in [-0.1, -0.05) is 0 Å². The fourth-order valence-electron chi connectivity index (χ4n) is 2.32. The number of ether oxygens (including phenoxy) is 1. The number of thiophene rings is 2. The molecule has 0 saturated heterocycles. The van der Waals surface area contributed by atoms with Gasteiger partial charge in [0.25, 0.3) is 5.56 Å². The topological polar surface area (TPSA) is 101 Å². The van der Waals surface area contributed by atoms with E-state index in [4.69, 9.17) is 4.74 Å². The Kier molecular flexibility index (Phi) is 4.69. The van der Waals surface area contributed by atoms with E-state index in [1.807, 2.05) is 6.92 Å². The van der Waals surface area contributed by atoms with Gasteiger partial charge in [-0.25, -0.2) is 9.78 Å². The van der Waals surface area contributed by atoms with Crippen molar-refractivity contribution in [3.8, 4) is 0 Å². The fraction of sp³-hybridized carbons (Fsp3) is 0.250. The van der Waals surface area contributed by atoms with Crippen LogP contribution in [-0.4, -0.2) is 21.8 Å². The Morgan fingerprint density at radius 3 is 2.84 bits per heavy atom. The van der Waals surface area contributed by atoms with Crippen LogP contribution in [0.15, 0.2) is 16.2 Å². The number of H-pyrrole nitrogens is 1. The summed E-state index contributed by atoms with van der Waals surface area (Å²) >= 11 is 2.62. The lowest BCUT2D eigenvalue weighted by Crippen LogP contribution is -2.15. The van der Waals surface area contributed by atoms with E-state index in [0.717, 1.165) is 10.4 Å². The summed E-state index contributed by atoms with van der Waals surface area (Å²) < 4.78 is 5.83. The third kappa shape index (κ3) is 3.47. The first-order valence-corrected chi connectivity index (χ1v) is 9.07. The molecule has 3 aromatic rings. The van der Waals surface area contributed by atoms with Crippen molar-refractivity contribution in [3.63, 3.8) is 0 Å². The van der Waals surface area contributed by atoms with Crippen LogP contribution in [0.1, 0.15) is 33.5 Å². The summed E-state index contributed by atoms with van der Waals surface area (Å²) in [5.41, 5.74) is 1.40. The first-order valence-electron chi connectivity index (χ1n) is 7.38. The van der Waals surface area contributed by atoms with Crippen LogP contribution < -0.4 is 10.9 Å². The summed E-state index contributed by atoms with van der Waals surface area (Å²) in [6.45, 7) is 4.88. The molecule has 25 heavy (non-hydrogen) atoms. The molecule has 0 bridgehead atoms. The van der Waals surface area contributed by atoms with E-state index in [1.54, 1.807) is 18.4 Å². The molecule has 0 saturated carbocycles. The van der Waals surface area contributed by atoms with E-state index in [0.29, 0.717) is 20.8 Å². The number of aromatic nitrogens is 2. The Balaban J connectivity index is 1.82. The van der Waals surface area contributed by atoms with Crippen LogP contribution in [0.4, 0.5) is 5.00 Å². The molecule has 3 aromatic heterocycles. The number of esters is 1. The molecule has 130 valence electrons. The van der Waals surface area contributed by atoms with E-state index in [-0.39, 0.29) is 23.9 Å². The van der Waals surface area contributed by atoms with E-state index in [2.05, 4.69) is 15.3 Å². The van der Waals surface area contributed by atoms with Crippen LogP contribution in [0.2, 0.25) is 0 Å². The van der Waals surface area contributed by atoms with Crippen LogP contribution in [0, 0.1) is 13.8 Å². The van der Waals surface area contributed by atoms with Crippen molar-refractivity contribution < 1.29 is 14.3 Å². The zero-order chi connectivity index (χ0) is 18.1. The third-order valence-electron chi connectivity index (χ3n) is 3.58. The molecule has 1 amide bonds. The quantitative estimate of drug-likeness (QED) is 0.681. The van der Waals surface area contributed by atoms with Gasteiger partial charge >= 0.3 is 5.97 Å². The zero-order valence-corrected chi connectivity index (χ0v) is 15.4. The van der Waals surface area contributed by atoms with Gasteiger partial charge in [0.15, 0.2) is 0 Å². The summed E-state index contributed by atoms with van der Waals surface area (Å²) in [5, 5.41) is 4.89. The lowest BCUT2D eigenvalue weighted by molar-refractivity contribution is -0.114. The van der Waals surface area contributed by atoms with Crippen LogP contribution in [-0.2, 0) is 16.1 Å². The molecule has 0 aliphatic heterocycles. The summed E-state index contributed by atoms with van der Waals surface area (Å²) in [6.07, 6.45) is 0. The number of carbonyl (C=O) groups is 2. The van der Waals surface area contributed by atoms with Crippen LogP contribution in [0.25, 0.3) is 10.2 Å². The molecule has 3 rings (SSSR count). The summed E-state index contributed by atoms with van der Waals surface area (Å²) in [6, 6.07) is 1.74. The highest BCUT2D eigenvalue weighted by atomic mass is 32.1. The second-order valence-electron chi connectivity index (χ2n) is 5.39. The first kappa shape index (κ1) is 17.3. The number of rotatable bonds is 4. The van der Waals surface area contributed by atoms with Gasteiger partial charge < -0.3 is 15.0 Å². The average Bonchev–Trinajstić information content (AvgIpc) is 3.10. The Morgan fingerprint density at radius 1 is 1.36 bits per heavy atom. The smallest absolute Gasteiger partial charge is 0.341 e. The van der Waals surface area contributed by atoms with Gasteiger partial charge in [-0.3, -0.25) is 9.59 Å². The second-order valence-corrected chi connectivity index (χ2v) is 7.53. The molecule has 7 nitrogen and oxygen atoms in total. The average molecular weight is 377 g/mol. The van der Waals surface area contributed by atoms with Crippen molar-refractivity contribution in [2.24, 2.45) is 0 Å². The maximum Gasteiger partial charge on any atom is 0.341 e. The number of aryl methyl sites for hydroxylation is 1. The number of aromatic amines is 1. The molecule has 9 heteroatoms. The lowest BCUT2D eigenvalue weighted by atomic mass is 10.1. The highest BCUT2D eigenvalue weighted by Crippen LogP contribution is 2.33. The van der Waals surface area contributed by atoms with Crippen LogP contribution >= 0.6 is 22.7 Å². The molecule has 3 heterocycles. The van der Waals surface area contributed by atoms with Gasteiger partial charge in [-0.2, -0.15) is 0 Å². The largest absolute Gasteiger partial charge is 0.454 e. The maximum atomic E-state index is 12.5. The normalized spacial score (nSPS) is 10.8. The molecule has 0 atom stereocenters. The molecular weight excluding hydrogens is 362 g/mol. The second kappa shape index (κ2) is 6.77. The van der Waals surface area contributed by atoms with Crippen LogP contribution in [0.5, 0.6) is 0 Å². The standard InChI is InChI=1S/C16H15N3O4S2/c1-7-8(2)25-15(17-9(3)20)12(7)16(22)23-6-11-18-10-4-5-24-13(10)14(21)19-11/h4-5H,6H2,1-3H3,(H,17,20)(H,18,19,21). The number of hydrogen-bond donors (Lipinski definition) is 2. The van der Waals surface area contributed by atoms with Gasteiger partial charge in [0.2, 0.25) is 5.91 Å². The van der Waals surface area contributed by atoms with Gasteiger partial charge in [0.05, 0.1) is 11.1 Å². The predicted molar refractivity (Wildman–Crippen MR) is 97.5 cm³/mol. The highest BCUT2D eigenvalue weighted by molar-refractivity contribution is 7.17. The van der Waals surface area contributed by atoms with Gasteiger partial charge in [0, 0.05) is 11.8 Å². The Labute approximate surface area is 150 Å². The molecule has 0 spiro atoms. The first-order chi connectivity index (χ1) is 11.9. The highest BCUT2D eigenvalue weighted by Gasteiger charge is 2.22. The van der Waals surface area contributed by atoms with E-state index < -0.39 is 5.97 Å². The summed E-state index contributed by atoms with van der Waals surface area (Å²) in [4.78, 5) is 43.5. The molecule has 0 aliphatic carbocycles. The molecule has 0 unspecified atom stereocenters. The Hall–Kier alpha value is -2.52.